The van der Waals surface area contributed by atoms with Crippen LogP contribution in [0.3, 0.4) is 0 Å². The second kappa shape index (κ2) is 11.2. The maximum absolute atomic E-state index is 14.6. The van der Waals surface area contributed by atoms with Crippen molar-refractivity contribution in [2.75, 3.05) is 41.9 Å². The van der Waals surface area contributed by atoms with E-state index in [0.717, 1.165) is 35.3 Å². The van der Waals surface area contributed by atoms with Gasteiger partial charge in [-0.3, -0.25) is 9.69 Å². The number of amides is 1. The predicted molar refractivity (Wildman–Crippen MR) is 152 cm³/mol. The van der Waals surface area contributed by atoms with E-state index >= 15 is 0 Å². The van der Waals surface area contributed by atoms with Gasteiger partial charge in [0.15, 0.2) is 0 Å². The zero-order valence-electron chi connectivity index (χ0n) is 23.9. The summed E-state index contributed by atoms with van der Waals surface area (Å²) in [6, 6.07) is 6.56. The minimum atomic E-state index is -0.623. The number of hydrogen-bond acceptors (Lipinski definition) is 9. The number of carbonyl (C=O) groups excluding carboxylic acids is 2. The maximum atomic E-state index is 14.6. The highest BCUT2D eigenvalue weighted by molar-refractivity contribution is 5.92. The number of carbonyl (C=O) groups is 2. The summed E-state index contributed by atoms with van der Waals surface area (Å²) in [5, 5.41) is 3.16. The molecule has 216 valence electrons. The molecular formula is C30H34FN5O5. The molecule has 2 aliphatic rings. The average molecular weight is 564 g/mol. The van der Waals surface area contributed by atoms with Crippen LogP contribution in [0.4, 0.5) is 32.1 Å². The largest absolute Gasteiger partial charge is 0.474 e. The van der Waals surface area contributed by atoms with Gasteiger partial charge in [-0.2, -0.15) is 0 Å². The zero-order chi connectivity index (χ0) is 29.3. The third-order valence-electron chi connectivity index (χ3n) is 7.01. The zero-order valence-corrected chi connectivity index (χ0v) is 23.9. The summed E-state index contributed by atoms with van der Waals surface area (Å²) in [6.07, 6.45) is 3.85. The minimum absolute atomic E-state index is 0.131. The molecule has 0 fully saturated rings. The molecule has 10 nitrogen and oxygen atoms in total. The quantitative estimate of drug-likeness (QED) is 0.426. The molecule has 0 aliphatic carbocycles. The summed E-state index contributed by atoms with van der Waals surface area (Å²) in [4.78, 5) is 37.4. The number of methoxy groups -OCH3 is 1. The van der Waals surface area contributed by atoms with E-state index in [2.05, 4.69) is 24.9 Å². The first-order chi connectivity index (χ1) is 19.5. The molecule has 11 heteroatoms. The molecule has 0 saturated carbocycles. The number of benzene rings is 1. The number of ether oxygens (including phenoxy) is 3. The van der Waals surface area contributed by atoms with Crippen LogP contribution in [-0.4, -0.2) is 54.4 Å². The Balaban J connectivity index is 1.36. The summed E-state index contributed by atoms with van der Waals surface area (Å²) in [7, 11) is 1.27. The van der Waals surface area contributed by atoms with Crippen LogP contribution >= 0.6 is 0 Å². The van der Waals surface area contributed by atoms with Gasteiger partial charge in [-0.05, 0) is 69.0 Å². The molecule has 2 aliphatic heterocycles. The third kappa shape index (κ3) is 6.18. The van der Waals surface area contributed by atoms with E-state index < -0.39 is 23.5 Å². The van der Waals surface area contributed by atoms with Crippen LogP contribution in [0.2, 0.25) is 0 Å². The average Bonchev–Trinajstić information content (AvgIpc) is 2.93. The van der Waals surface area contributed by atoms with Crippen molar-refractivity contribution in [1.82, 2.24) is 9.97 Å². The molecule has 0 bridgehead atoms. The SMILES string of the molecule is COC(=O)Cc1ccc(Nc2cc3c(cn2)CCN(c2cnc4c(c2C)N(C(=O)OC(C)(C)C)CCO4)C3)cc1F. The van der Waals surface area contributed by atoms with Gasteiger partial charge in [-0.1, -0.05) is 6.07 Å². The van der Waals surface area contributed by atoms with E-state index in [1.807, 2.05) is 40.0 Å². The number of hydrogen-bond donors (Lipinski definition) is 1. The van der Waals surface area contributed by atoms with Crippen molar-refractivity contribution >= 4 is 34.9 Å². The Morgan fingerprint density at radius 1 is 1.12 bits per heavy atom. The number of rotatable bonds is 5. The molecule has 1 N–H and O–H groups in total. The number of pyridine rings is 2. The Morgan fingerprint density at radius 3 is 2.66 bits per heavy atom. The first-order valence-corrected chi connectivity index (χ1v) is 13.5. The summed E-state index contributed by atoms with van der Waals surface area (Å²) in [6.45, 7) is 9.57. The molecule has 0 saturated heterocycles. The third-order valence-corrected chi connectivity index (χ3v) is 7.01. The van der Waals surface area contributed by atoms with Crippen molar-refractivity contribution in [3.63, 3.8) is 0 Å². The second-order valence-corrected chi connectivity index (χ2v) is 11.1. The first kappa shape index (κ1) is 28.1. The number of anilines is 4. The van der Waals surface area contributed by atoms with Gasteiger partial charge in [0.25, 0.3) is 0 Å². The van der Waals surface area contributed by atoms with E-state index in [-0.39, 0.29) is 12.0 Å². The van der Waals surface area contributed by atoms with Crippen molar-refractivity contribution in [3.8, 4) is 5.88 Å². The van der Waals surface area contributed by atoms with Crippen LogP contribution in [0, 0.1) is 12.7 Å². The van der Waals surface area contributed by atoms with Crippen molar-refractivity contribution in [2.24, 2.45) is 0 Å². The van der Waals surface area contributed by atoms with E-state index in [1.54, 1.807) is 23.2 Å². The first-order valence-electron chi connectivity index (χ1n) is 13.5. The van der Waals surface area contributed by atoms with Crippen LogP contribution in [0.1, 0.15) is 43.0 Å². The van der Waals surface area contributed by atoms with Gasteiger partial charge in [0, 0.05) is 30.5 Å². The van der Waals surface area contributed by atoms with E-state index in [4.69, 9.17) is 9.47 Å². The number of fused-ring (bicyclic) bond motifs is 2. The smallest absolute Gasteiger partial charge is 0.415 e. The molecule has 0 spiro atoms. The topological polar surface area (TPSA) is 106 Å². The Hall–Kier alpha value is -4.41. The van der Waals surface area contributed by atoms with Gasteiger partial charge in [-0.15, -0.1) is 0 Å². The van der Waals surface area contributed by atoms with E-state index in [1.165, 1.54) is 13.2 Å². The van der Waals surface area contributed by atoms with Gasteiger partial charge in [0.2, 0.25) is 5.88 Å². The molecule has 1 aromatic carbocycles. The summed E-state index contributed by atoms with van der Waals surface area (Å²) >= 11 is 0. The lowest BCUT2D eigenvalue weighted by Gasteiger charge is -2.35. The van der Waals surface area contributed by atoms with Crippen LogP contribution in [0.5, 0.6) is 5.88 Å². The predicted octanol–water partition coefficient (Wildman–Crippen LogP) is 5.08. The fourth-order valence-electron chi connectivity index (χ4n) is 5.00. The lowest BCUT2D eigenvalue weighted by molar-refractivity contribution is -0.139. The van der Waals surface area contributed by atoms with Gasteiger partial charge >= 0.3 is 12.1 Å². The number of halogens is 1. The Bertz CT molecular complexity index is 1490. The van der Waals surface area contributed by atoms with Crippen molar-refractivity contribution < 1.29 is 28.2 Å². The number of aromatic nitrogens is 2. The number of nitrogens with zero attached hydrogens (tertiary/aromatic N) is 4. The van der Waals surface area contributed by atoms with Gasteiger partial charge in [-0.25, -0.2) is 19.2 Å². The molecule has 4 heterocycles. The fraction of sp³-hybridized carbons (Fsp3) is 0.400. The van der Waals surface area contributed by atoms with Crippen molar-refractivity contribution in [3.05, 3.63) is 64.7 Å². The highest BCUT2D eigenvalue weighted by atomic mass is 19.1. The lowest BCUT2D eigenvalue weighted by Crippen LogP contribution is -2.42. The van der Waals surface area contributed by atoms with Crippen LogP contribution < -0.4 is 19.9 Å². The van der Waals surface area contributed by atoms with Crippen molar-refractivity contribution in [1.29, 1.82) is 0 Å². The highest BCUT2D eigenvalue weighted by Gasteiger charge is 2.32. The minimum Gasteiger partial charge on any atom is -0.474 e. The second-order valence-electron chi connectivity index (χ2n) is 11.1. The Labute approximate surface area is 238 Å². The van der Waals surface area contributed by atoms with Gasteiger partial charge in [0.1, 0.15) is 29.5 Å². The monoisotopic (exact) mass is 563 g/mol. The number of esters is 1. The molecule has 0 unspecified atom stereocenters. The molecule has 3 aromatic rings. The van der Waals surface area contributed by atoms with Crippen LogP contribution in [0.15, 0.2) is 36.7 Å². The molecule has 0 atom stereocenters. The summed E-state index contributed by atoms with van der Waals surface area (Å²) in [5.41, 5.74) is 4.80. The van der Waals surface area contributed by atoms with Gasteiger partial charge < -0.3 is 24.4 Å². The molecular weight excluding hydrogens is 529 g/mol. The molecule has 1 amide bonds. The Kier molecular flexibility index (Phi) is 7.70. The van der Waals surface area contributed by atoms with Gasteiger partial charge in [0.05, 0.1) is 32.0 Å². The standard InChI is InChI=1S/C30H34FN5O5/c1-18-24(16-33-28-27(18)36(10-11-40-28)29(38)41-30(2,3)4)35-9-8-20-15-32-25(12-21(20)17-35)34-22-7-6-19(23(31)14-22)13-26(37)39-5/h6-7,12,14-16H,8-11,13,17H2,1-5H3,(H,32,34). The summed E-state index contributed by atoms with van der Waals surface area (Å²) < 4.78 is 30.6. The molecule has 2 aromatic heterocycles. The fourth-order valence-corrected chi connectivity index (χ4v) is 5.00. The molecule has 41 heavy (non-hydrogen) atoms. The van der Waals surface area contributed by atoms with Crippen molar-refractivity contribution in [2.45, 2.75) is 52.7 Å². The maximum Gasteiger partial charge on any atom is 0.415 e. The number of nitrogens with one attached hydrogen (secondary N) is 1. The molecule has 0 radical (unpaired) electrons. The Morgan fingerprint density at radius 2 is 1.93 bits per heavy atom. The highest BCUT2D eigenvalue weighted by Crippen LogP contribution is 2.40. The molecule has 5 rings (SSSR count). The van der Waals surface area contributed by atoms with Crippen LogP contribution in [0.25, 0.3) is 0 Å². The lowest BCUT2D eigenvalue weighted by atomic mass is 10.0. The van der Waals surface area contributed by atoms with E-state index in [0.29, 0.717) is 42.8 Å². The van der Waals surface area contributed by atoms with E-state index in [9.17, 15) is 14.0 Å². The normalized spacial score (nSPS) is 14.5. The summed E-state index contributed by atoms with van der Waals surface area (Å²) in [5.74, 6) is 0.000999. The van der Waals surface area contributed by atoms with Crippen LogP contribution in [-0.2, 0) is 33.7 Å².